The molecule has 28 heavy (non-hydrogen) atoms. The second-order valence-electron chi connectivity index (χ2n) is 6.59. The molecule has 0 spiro atoms. The summed E-state index contributed by atoms with van der Waals surface area (Å²) in [7, 11) is 1.88. The number of rotatable bonds is 7. The molecule has 1 N–H and O–H groups in total. The second kappa shape index (κ2) is 8.12. The first-order valence-corrected chi connectivity index (χ1v) is 8.95. The van der Waals surface area contributed by atoms with E-state index in [2.05, 4.69) is 10.4 Å². The number of hydrogen-bond acceptors (Lipinski definition) is 5. The number of Topliss-reactive ketones (excluding diaryl/α,β-unsaturated/α-hetero) is 1. The zero-order valence-electron chi connectivity index (χ0n) is 16.4. The Bertz CT molecular complexity index is 999. The summed E-state index contributed by atoms with van der Waals surface area (Å²) >= 11 is 0. The molecule has 2 aromatic heterocycles. The Morgan fingerprint density at radius 1 is 1.14 bits per heavy atom. The quantitative estimate of drug-likeness (QED) is 0.634. The van der Waals surface area contributed by atoms with Gasteiger partial charge in [0.15, 0.2) is 11.5 Å². The Hall–Kier alpha value is -3.35. The number of nitrogens with one attached hydrogen (secondary N) is 1. The molecule has 0 saturated carbocycles. The van der Waals surface area contributed by atoms with Crippen LogP contribution in [0.5, 0.6) is 5.75 Å². The molecule has 0 atom stereocenters. The van der Waals surface area contributed by atoms with Crippen molar-refractivity contribution in [1.82, 2.24) is 15.1 Å². The van der Waals surface area contributed by atoms with Gasteiger partial charge >= 0.3 is 0 Å². The summed E-state index contributed by atoms with van der Waals surface area (Å²) in [6, 6.07) is 10.2. The molecule has 0 aliphatic carbocycles. The van der Waals surface area contributed by atoms with E-state index in [9.17, 15) is 9.59 Å². The minimum atomic E-state index is -0.292. The Kier molecular flexibility index (Phi) is 5.63. The maximum absolute atomic E-state index is 12.3. The van der Waals surface area contributed by atoms with Gasteiger partial charge in [-0.1, -0.05) is 0 Å². The molecular weight excluding hydrogens is 358 g/mol. The summed E-state index contributed by atoms with van der Waals surface area (Å²) in [5.41, 5.74) is 3.54. The zero-order valence-corrected chi connectivity index (χ0v) is 16.4. The minimum absolute atomic E-state index is 0.00455. The van der Waals surface area contributed by atoms with Crippen molar-refractivity contribution in [2.75, 3.05) is 0 Å². The molecule has 0 radical (unpaired) electrons. The van der Waals surface area contributed by atoms with Crippen LogP contribution in [0.4, 0.5) is 0 Å². The lowest BCUT2D eigenvalue weighted by Gasteiger charge is -2.05. The molecule has 0 aliphatic heterocycles. The number of hydrogen-bond donors (Lipinski definition) is 1. The van der Waals surface area contributed by atoms with Gasteiger partial charge in [-0.3, -0.25) is 14.3 Å². The Morgan fingerprint density at radius 2 is 1.86 bits per heavy atom. The van der Waals surface area contributed by atoms with Crippen molar-refractivity contribution in [2.24, 2.45) is 7.05 Å². The van der Waals surface area contributed by atoms with Gasteiger partial charge in [-0.25, -0.2) is 0 Å². The van der Waals surface area contributed by atoms with E-state index in [1.54, 1.807) is 41.1 Å². The number of ketones is 1. The van der Waals surface area contributed by atoms with Crippen LogP contribution in [-0.2, 0) is 20.2 Å². The van der Waals surface area contributed by atoms with Crippen LogP contribution in [0.1, 0.15) is 50.5 Å². The van der Waals surface area contributed by atoms with Crippen molar-refractivity contribution >= 4 is 11.7 Å². The van der Waals surface area contributed by atoms with E-state index in [1.165, 1.54) is 6.92 Å². The number of aryl methyl sites for hydroxylation is 2. The van der Waals surface area contributed by atoms with Crippen LogP contribution in [0.25, 0.3) is 0 Å². The van der Waals surface area contributed by atoms with Gasteiger partial charge in [0.05, 0.1) is 5.69 Å². The first-order chi connectivity index (χ1) is 13.3. The molecular formula is C21H23N3O4. The third-order valence-electron chi connectivity index (χ3n) is 4.61. The number of carbonyl (C=O) groups excluding carboxylic acids is 2. The molecule has 7 nitrogen and oxygen atoms in total. The molecule has 7 heteroatoms. The van der Waals surface area contributed by atoms with Crippen LogP contribution in [0.15, 0.2) is 40.8 Å². The highest BCUT2D eigenvalue weighted by molar-refractivity contribution is 5.94. The summed E-state index contributed by atoms with van der Waals surface area (Å²) < 4.78 is 13.0. The van der Waals surface area contributed by atoms with Gasteiger partial charge in [-0.05, 0) is 57.2 Å². The van der Waals surface area contributed by atoms with Crippen LogP contribution in [0, 0.1) is 13.8 Å². The molecule has 3 rings (SSSR count). The van der Waals surface area contributed by atoms with Gasteiger partial charge in [0.1, 0.15) is 18.1 Å². The average molecular weight is 381 g/mol. The molecule has 0 saturated heterocycles. The van der Waals surface area contributed by atoms with Crippen molar-refractivity contribution < 1.29 is 18.7 Å². The second-order valence-corrected chi connectivity index (χ2v) is 6.59. The van der Waals surface area contributed by atoms with E-state index < -0.39 is 0 Å². The fourth-order valence-electron chi connectivity index (χ4n) is 2.85. The van der Waals surface area contributed by atoms with E-state index in [1.807, 2.05) is 20.9 Å². The van der Waals surface area contributed by atoms with Gasteiger partial charge in [-0.15, -0.1) is 0 Å². The number of aromatic nitrogens is 2. The van der Waals surface area contributed by atoms with E-state index in [4.69, 9.17) is 9.15 Å². The topological polar surface area (TPSA) is 86.4 Å². The number of ether oxygens (including phenoxy) is 1. The normalized spacial score (nSPS) is 10.7. The predicted octanol–water partition coefficient (Wildman–Crippen LogP) is 3.34. The van der Waals surface area contributed by atoms with E-state index in [-0.39, 0.29) is 24.1 Å². The van der Waals surface area contributed by atoms with E-state index >= 15 is 0 Å². The number of benzene rings is 1. The summed E-state index contributed by atoms with van der Waals surface area (Å²) in [4.78, 5) is 23.6. The third kappa shape index (κ3) is 4.31. The standard InChI is InChI=1S/C21H23N3O4/c1-13-19(14(2)24(4)23-13)11-22-21(26)20-10-9-18(28-20)12-27-17-7-5-16(6-8-17)15(3)25/h5-10H,11-12H2,1-4H3,(H,22,26). The smallest absolute Gasteiger partial charge is 0.287 e. The Balaban J connectivity index is 1.55. The summed E-state index contributed by atoms with van der Waals surface area (Å²) in [5.74, 6) is 1.10. The Morgan fingerprint density at radius 3 is 2.46 bits per heavy atom. The molecule has 146 valence electrons. The highest BCUT2D eigenvalue weighted by atomic mass is 16.5. The van der Waals surface area contributed by atoms with Crippen molar-refractivity contribution in [1.29, 1.82) is 0 Å². The summed E-state index contributed by atoms with van der Waals surface area (Å²) in [6.07, 6.45) is 0. The highest BCUT2D eigenvalue weighted by Gasteiger charge is 2.14. The number of furan rings is 1. The van der Waals surface area contributed by atoms with Crippen LogP contribution >= 0.6 is 0 Å². The lowest BCUT2D eigenvalue weighted by molar-refractivity contribution is 0.0918. The first kappa shape index (κ1) is 19.4. The molecule has 2 heterocycles. The highest BCUT2D eigenvalue weighted by Crippen LogP contribution is 2.16. The van der Waals surface area contributed by atoms with E-state index in [0.717, 1.165) is 17.0 Å². The number of carbonyl (C=O) groups is 2. The van der Waals surface area contributed by atoms with E-state index in [0.29, 0.717) is 23.6 Å². The summed E-state index contributed by atoms with van der Waals surface area (Å²) in [6.45, 7) is 5.97. The first-order valence-electron chi connectivity index (χ1n) is 8.95. The van der Waals surface area contributed by atoms with Crippen LogP contribution in [0.3, 0.4) is 0 Å². The lowest BCUT2D eigenvalue weighted by Crippen LogP contribution is -2.23. The van der Waals surface area contributed by atoms with Gasteiger partial charge in [-0.2, -0.15) is 5.10 Å². The largest absolute Gasteiger partial charge is 0.486 e. The maximum Gasteiger partial charge on any atom is 0.287 e. The molecule has 1 amide bonds. The van der Waals surface area contributed by atoms with Crippen molar-refractivity contribution in [2.45, 2.75) is 33.9 Å². The molecule has 0 bridgehead atoms. The SMILES string of the molecule is CC(=O)c1ccc(OCc2ccc(C(=O)NCc3c(C)nn(C)c3C)o2)cc1. The monoisotopic (exact) mass is 381 g/mol. The number of nitrogens with zero attached hydrogens (tertiary/aromatic N) is 2. The van der Waals surface area contributed by atoms with Gasteiger partial charge in [0.2, 0.25) is 0 Å². The van der Waals surface area contributed by atoms with Gasteiger partial charge < -0.3 is 14.5 Å². The lowest BCUT2D eigenvalue weighted by atomic mass is 10.1. The third-order valence-corrected chi connectivity index (χ3v) is 4.61. The van der Waals surface area contributed by atoms with Gasteiger partial charge in [0, 0.05) is 30.4 Å². The molecule has 0 unspecified atom stereocenters. The maximum atomic E-state index is 12.3. The molecule has 1 aromatic carbocycles. The fourth-order valence-corrected chi connectivity index (χ4v) is 2.85. The fraction of sp³-hybridized carbons (Fsp3) is 0.286. The molecule has 0 fully saturated rings. The van der Waals surface area contributed by atoms with Crippen LogP contribution in [-0.4, -0.2) is 21.5 Å². The predicted molar refractivity (Wildman–Crippen MR) is 103 cm³/mol. The molecule has 0 aliphatic rings. The van der Waals surface area contributed by atoms with Crippen molar-refractivity contribution in [3.8, 4) is 5.75 Å². The van der Waals surface area contributed by atoms with Crippen molar-refractivity contribution in [3.05, 3.63) is 70.4 Å². The molecule has 3 aromatic rings. The van der Waals surface area contributed by atoms with Gasteiger partial charge in [0.25, 0.3) is 5.91 Å². The minimum Gasteiger partial charge on any atom is -0.486 e. The Labute approximate surface area is 163 Å². The number of amides is 1. The summed E-state index contributed by atoms with van der Waals surface area (Å²) in [5, 5.41) is 7.20. The van der Waals surface area contributed by atoms with Crippen molar-refractivity contribution in [3.63, 3.8) is 0 Å². The van der Waals surface area contributed by atoms with Crippen LogP contribution in [0.2, 0.25) is 0 Å². The average Bonchev–Trinajstić information content (AvgIpc) is 3.24. The van der Waals surface area contributed by atoms with Crippen LogP contribution < -0.4 is 10.1 Å². The zero-order chi connectivity index (χ0) is 20.3.